The van der Waals surface area contributed by atoms with E-state index in [2.05, 4.69) is 4.98 Å². The zero-order valence-electron chi connectivity index (χ0n) is 17.5. The lowest BCUT2D eigenvalue weighted by Crippen LogP contribution is -2.31. The van der Waals surface area contributed by atoms with Gasteiger partial charge in [0.25, 0.3) is 5.91 Å². The van der Waals surface area contributed by atoms with Gasteiger partial charge >= 0.3 is 0 Å². The largest absolute Gasteiger partial charge is 0.450 e. The number of fused-ring (bicyclic) bond motifs is 2. The van der Waals surface area contributed by atoms with Gasteiger partial charge in [0.2, 0.25) is 5.76 Å². The van der Waals surface area contributed by atoms with E-state index < -0.39 is 6.04 Å². The molecule has 0 spiro atoms. The molecule has 0 radical (unpaired) electrons. The summed E-state index contributed by atoms with van der Waals surface area (Å²) in [6.45, 7) is 5.21. The molecule has 1 aliphatic rings. The van der Waals surface area contributed by atoms with Gasteiger partial charge in [0.05, 0.1) is 23.3 Å². The summed E-state index contributed by atoms with van der Waals surface area (Å²) in [5.41, 5.74) is 3.78. The number of hydrogen-bond acceptors (Lipinski definition) is 4. The van der Waals surface area contributed by atoms with Crippen molar-refractivity contribution in [2.24, 2.45) is 0 Å². The molecule has 2 aromatic carbocycles. The molecular weight excluding hydrogens is 390 g/mol. The van der Waals surface area contributed by atoms with Crippen LogP contribution < -0.4 is 5.43 Å². The van der Waals surface area contributed by atoms with Crippen molar-refractivity contribution in [1.29, 1.82) is 0 Å². The first-order valence-electron chi connectivity index (χ1n) is 10.4. The Morgan fingerprint density at radius 1 is 1.00 bits per heavy atom. The van der Waals surface area contributed by atoms with Gasteiger partial charge in [-0.15, -0.1) is 0 Å². The quantitative estimate of drug-likeness (QED) is 0.491. The Hall–Kier alpha value is -3.67. The highest BCUT2D eigenvalue weighted by molar-refractivity contribution is 5.99. The van der Waals surface area contributed by atoms with Gasteiger partial charge < -0.3 is 13.9 Å². The molecule has 1 atom stereocenters. The Kier molecular flexibility index (Phi) is 4.70. The molecule has 6 heteroatoms. The van der Waals surface area contributed by atoms with Crippen molar-refractivity contribution in [1.82, 2.24) is 14.5 Å². The van der Waals surface area contributed by atoms with Crippen molar-refractivity contribution in [3.63, 3.8) is 0 Å². The molecule has 4 aromatic rings. The summed E-state index contributed by atoms with van der Waals surface area (Å²) < 4.78 is 7.99. The monoisotopic (exact) mass is 413 g/mol. The maximum atomic E-state index is 13.5. The fourth-order valence-corrected chi connectivity index (χ4v) is 4.30. The number of rotatable bonds is 5. The van der Waals surface area contributed by atoms with Crippen LogP contribution in [0.3, 0.4) is 0 Å². The smallest absolute Gasteiger partial charge is 0.290 e. The maximum absolute atomic E-state index is 13.5. The first kappa shape index (κ1) is 19.3. The van der Waals surface area contributed by atoms with Crippen molar-refractivity contribution in [3.05, 3.63) is 99.4 Å². The minimum atomic E-state index is -0.452. The molecule has 0 fully saturated rings. The van der Waals surface area contributed by atoms with E-state index in [0.717, 1.165) is 29.7 Å². The summed E-state index contributed by atoms with van der Waals surface area (Å²) in [4.78, 5) is 32.7. The fraction of sp³-hybridized carbons (Fsp3) is 0.240. The minimum Gasteiger partial charge on any atom is -0.450 e. The summed E-state index contributed by atoms with van der Waals surface area (Å²) in [7, 11) is 0. The number of imidazole rings is 1. The molecule has 1 unspecified atom stereocenters. The molecule has 2 aromatic heterocycles. The van der Waals surface area contributed by atoms with Crippen LogP contribution in [-0.2, 0) is 6.54 Å². The predicted octanol–water partition coefficient (Wildman–Crippen LogP) is 4.24. The number of aryl methyl sites for hydroxylation is 3. The van der Waals surface area contributed by atoms with E-state index in [0.29, 0.717) is 23.1 Å². The van der Waals surface area contributed by atoms with Crippen molar-refractivity contribution in [3.8, 4) is 0 Å². The second kappa shape index (κ2) is 7.54. The van der Waals surface area contributed by atoms with Gasteiger partial charge in [-0.2, -0.15) is 0 Å². The van der Waals surface area contributed by atoms with E-state index in [4.69, 9.17) is 4.42 Å². The lowest BCUT2D eigenvalue weighted by Gasteiger charge is -2.25. The summed E-state index contributed by atoms with van der Waals surface area (Å²) >= 11 is 0. The van der Waals surface area contributed by atoms with E-state index in [1.165, 1.54) is 0 Å². The van der Waals surface area contributed by atoms with Crippen molar-refractivity contribution < 1.29 is 9.21 Å². The second-order valence-electron chi connectivity index (χ2n) is 8.14. The average Bonchev–Trinajstić information content (AvgIpc) is 3.37. The molecular formula is C25H23N3O3. The molecule has 0 aliphatic carbocycles. The summed E-state index contributed by atoms with van der Waals surface area (Å²) in [6.07, 6.45) is 6.14. The van der Waals surface area contributed by atoms with E-state index in [1.54, 1.807) is 23.5 Å². The van der Waals surface area contributed by atoms with Gasteiger partial charge in [0.15, 0.2) is 5.43 Å². The summed E-state index contributed by atoms with van der Waals surface area (Å²) in [6, 6.07) is 13.0. The van der Waals surface area contributed by atoms with Crippen molar-refractivity contribution in [2.45, 2.75) is 32.9 Å². The van der Waals surface area contributed by atoms with Gasteiger partial charge in [-0.3, -0.25) is 9.59 Å². The highest BCUT2D eigenvalue weighted by Gasteiger charge is 2.42. The highest BCUT2D eigenvalue weighted by atomic mass is 16.3. The standard InChI is InChI=1S/C25H23N3O3/c1-16-4-7-18(8-5-16)22-21-23(29)19-14-17(2)6-9-20(19)31-24(21)25(30)28(22)12-3-11-27-13-10-26-15-27/h4-10,13-15,22H,3,11-12H2,1-2H3. The average molecular weight is 413 g/mol. The highest BCUT2D eigenvalue weighted by Crippen LogP contribution is 2.38. The third-order valence-electron chi connectivity index (χ3n) is 5.89. The molecule has 31 heavy (non-hydrogen) atoms. The summed E-state index contributed by atoms with van der Waals surface area (Å²) in [5, 5.41) is 0.518. The zero-order valence-corrected chi connectivity index (χ0v) is 17.5. The molecule has 1 amide bonds. The van der Waals surface area contributed by atoms with Gasteiger partial charge in [0, 0.05) is 25.5 Å². The third kappa shape index (κ3) is 3.34. The van der Waals surface area contributed by atoms with E-state index in [-0.39, 0.29) is 17.1 Å². The SMILES string of the molecule is Cc1ccc(C2c3c(oc4ccc(C)cc4c3=O)C(=O)N2CCCn2ccnc2)cc1. The van der Waals surface area contributed by atoms with Crippen LogP contribution in [0.1, 0.15) is 45.3 Å². The van der Waals surface area contributed by atoms with Crippen LogP contribution in [0.2, 0.25) is 0 Å². The van der Waals surface area contributed by atoms with E-state index >= 15 is 0 Å². The normalized spacial score (nSPS) is 15.6. The van der Waals surface area contributed by atoms with Gasteiger partial charge in [-0.25, -0.2) is 4.98 Å². The van der Waals surface area contributed by atoms with E-state index in [1.807, 2.05) is 61.0 Å². The number of carbonyl (C=O) groups is 1. The fourth-order valence-electron chi connectivity index (χ4n) is 4.30. The van der Waals surface area contributed by atoms with Crippen LogP contribution in [0.5, 0.6) is 0 Å². The number of carbonyl (C=O) groups excluding carboxylic acids is 1. The molecule has 0 bridgehead atoms. The Labute approximate surface area is 179 Å². The van der Waals surface area contributed by atoms with Crippen LogP contribution in [0.25, 0.3) is 11.0 Å². The first-order valence-corrected chi connectivity index (χ1v) is 10.4. The maximum Gasteiger partial charge on any atom is 0.290 e. The van der Waals surface area contributed by atoms with Crippen LogP contribution in [0.15, 0.2) is 70.4 Å². The van der Waals surface area contributed by atoms with Crippen molar-refractivity contribution >= 4 is 16.9 Å². The van der Waals surface area contributed by atoms with E-state index in [9.17, 15) is 9.59 Å². The third-order valence-corrected chi connectivity index (χ3v) is 5.89. The van der Waals surface area contributed by atoms with Crippen LogP contribution in [0, 0.1) is 13.8 Å². The number of nitrogens with zero attached hydrogens (tertiary/aromatic N) is 3. The Balaban J connectivity index is 1.60. The molecule has 0 saturated carbocycles. The van der Waals surface area contributed by atoms with Crippen molar-refractivity contribution in [2.75, 3.05) is 6.54 Å². The lowest BCUT2D eigenvalue weighted by molar-refractivity contribution is 0.0723. The van der Waals surface area contributed by atoms with Crippen LogP contribution in [-0.4, -0.2) is 26.9 Å². The molecule has 3 heterocycles. The lowest BCUT2D eigenvalue weighted by atomic mass is 9.97. The molecule has 0 N–H and O–H groups in total. The molecule has 6 nitrogen and oxygen atoms in total. The first-order chi connectivity index (χ1) is 15.0. The van der Waals surface area contributed by atoms with Gasteiger partial charge in [0.1, 0.15) is 5.58 Å². The second-order valence-corrected chi connectivity index (χ2v) is 8.14. The Morgan fingerprint density at radius 3 is 2.52 bits per heavy atom. The number of benzene rings is 2. The Bertz CT molecular complexity index is 1320. The topological polar surface area (TPSA) is 68.3 Å². The van der Waals surface area contributed by atoms with Gasteiger partial charge in [-0.05, 0) is 38.0 Å². The zero-order chi connectivity index (χ0) is 21.5. The predicted molar refractivity (Wildman–Crippen MR) is 118 cm³/mol. The molecule has 5 rings (SSSR count). The number of hydrogen-bond donors (Lipinski definition) is 0. The van der Waals surface area contributed by atoms with Crippen LogP contribution >= 0.6 is 0 Å². The molecule has 0 saturated heterocycles. The Morgan fingerprint density at radius 2 is 1.77 bits per heavy atom. The van der Waals surface area contributed by atoms with Crippen LogP contribution in [0.4, 0.5) is 0 Å². The molecule has 1 aliphatic heterocycles. The molecule has 156 valence electrons. The summed E-state index contributed by atoms with van der Waals surface area (Å²) in [5.74, 6) is -0.0691. The number of amides is 1. The minimum absolute atomic E-state index is 0.129. The number of aromatic nitrogens is 2. The van der Waals surface area contributed by atoms with Gasteiger partial charge in [-0.1, -0.05) is 41.5 Å².